The number of nitrogen functional groups attached to an aromatic ring is 1. The number of carbonyl (C=O) groups is 4. The molecule has 188 valence electrons. The predicted octanol–water partition coefficient (Wildman–Crippen LogP) is 3.13. The van der Waals surface area contributed by atoms with Crippen molar-refractivity contribution in [1.29, 1.82) is 0 Å². The summed E-state index contributed by atoms with van der Waals surface area (Å²) in [5, 5.41) is 2.17. The van der Waals surface area contributed by atoms with E-state index in [-0.39, 0.29) is 34.9 Å². The second-order valence-electron chi connectivity index (χ2n) is 8.44. The highest BCUT2D eigenvalue weighted by atomic mass is 35.5. The quantitative estimate of drug-likeness (QED) is 0.260. The number of esters is 1. The van der Waals surface area contributed by atoms with Crippen LogP contribution >= 0.6 is 11.6 Å². The number of nitrogens with zero attached hydrogens (tertiary/aromatic N) is 2. The van der Waals surface area contributed by atoms with Gasteiger partial charge in [-0.25, -0.2) is 14.2 Å². The smallest absolute Gasteiger partial charge is 0.329 e. The topological polar surface area (TPSA) is 132 Å². The van der Waals surface area contributed by atoms with Crippen LogP contribution in [0.1, 0.15) is 42.1 Å². The van der Waals surface area contributed by atoms with Gasteiger partial charge in [-0.15, -0.1) is 0 Å². The fraction of sp³-hybridized carbons (Fsp3) is 0.292. The number of amides is 2. The molecule has 0 unspecified atom stereocenters. The van der Waals surface area contributed by atoms with E-state index in [0.717, 1.165) is 6.07 Å². The number of fused-ring (bicyclic) bond motifs is 1. The molecule has 0 spiro atoms. The molecular weight excluding hydrogens is 498 g/mol. The molecule has 2 aliphatic heterocycles. The molecule has 3 N–H and O–H groups in total. The number of anilines is 2. The third kappa shape index (κ3) is 4.92. The Morgan fingerprint density at radius 3 is 2.67 bits per heavy atom. The van der Waals surface area contributed by atoms with Crippen molar-refractivity contribution in [2.75, 3.05) is 17.7 Å². The Kier molecular flexibility index (Phi) is 7.02. The van der Waals surface area contributed by atoms with Gasteiger partial charge in [0.25, 0.3) is 0 Å². The summed E-state index contributed by atoms with van der Waals surface area (Å²) >= 11 is 5.87. The minimum absolute atomic E-state index is 0.0623. The lowest BCUT2D eigenvalue weighted by Gasteiger charge is -2.33. The van der Waals surface area contributed by atoms with E-state index >= 15 is 0 Å². The number of halogens is 3. The number of aromatic nitrogens is 1. The van der Waals surface area contributed by atoms with Crippen LogP contribution in [0.5, 0.6) is 0 Å². The molecule has 0 aliphatic carbocycles. The molecule has 0 bridgehead atoms. The Morgan fingerprint density at radius 1 is 1.22 bits per heavy atom. The van der Waals surface area contributed by atoms with Crippen LogP contribution in [0.25, 0.3) is 5.57 Å². The highest BCUT2D eigenvalue weighted by Gasteiger charge is 2.44. The normalized spacial score (nSPS) is 18.9. The summed E-state index contributed by atoms with van der Waals surface area (Å²) < 4.78 is 33.9. The Balaban J connectivity index is 1.43. The lowest BCUT2D eigenvalue weighted by molar-refractivity contribution is -0.152. The molecule has 1 aromatic heterocycles. The van der Waals surface area contributed by atoms with E-state index in [0.29, 0.717) is 12.0 Å². The maximum Gasteiger partial charge on any atom is 0.329 e. The van der Waals surface area contributed by atoms with E-state index in [4.69, 9.17) is 22.1 Å². The molecular formula is C24H21ClF2N4O5. The lowest BCUT2D eigenvalue weighted by Crippen LogP contribution is -2.47. The Morgan fingerprint density at radius 2 is 1.97 bits per heavy atom. The van der Waals surface area contributed by atoms with Crippen LogP contribution in [0, 0.1) is 11.8 Å². The summed E-state index contributed by atoms with van der Waals surface area (Å²) in [5.41, 5.74) is 6.09. The molecule has 0 radical (unpaired) electrons. The number of hydrogen-bond acceptors (Lipinski definition) is 7. The first-order valence-corrected chi connectivity index (χ1v) is 11.3. The van der Waals surface area contributed by atoms with Crippen molar-refractivity contribution in [3.05, 3.63) is 58.3 Å². The number of hydrogen-bond donors (Lipinski definition) is 2. The molecule has 2 aromatic rings. The second-order valence-corrected chi connectivity index (χ2v) is 8.85. The van der Waals surface area contributed by atoms with Crippen molar-refractivity contribution < 1.29 is 32.7 Å². The van der Waals surface area contributed by atoms with Crippen LogP contribution in [0.4, 0.5) is 20.3 Å². The molecule has 9 nitrogen and oxygen atoms in total. The summed E-state index contributed by atoms with van der Waals surface area (Å²) in [4.78, 5) is 53.8. The zero-order valence-electron chi connectivity index (χ0n) is 19.0. The highest BCUT2D eigenvalue weighted by molar-refractivity contribution is 6.31. The minimum Gasteiger partial charge on any atom is -0.456 e. The average molecular weight is 519 g/mol. The van der Waals surface area contributed by atoms with Crippen LogP contribution < -0.4 is 11.1 Å². The molecule has 36 heavy (non-hydrogen) atoms. The summed E-state index contributed by atoms with van der Waals surface area (Å²) in [6, 6.07) is 3.81. The molecule has 0 saturated carbocycles. The van der Waals surface area contributed by atoms with Crippen molar-refractivity contribution in [2.45, 2.75) is 38.3 Å². The zero-order chi connectivity index (χ0) is 26.1. The number of ether oxygens (including phenoxy) is 1. The van der Waals surface area contributed by atoms with Crippen LogP contribution in [0.3, 0.4) is 0 Å². The summed E-state index contributed by atoms with van der Waals surface area (Å²) in [6.07, 6.45) is 2.20. The number of pyridine rings is 1. The Hall–Kier alpha value is -3.86. The third-order valence-electron chi connectivity index (χ3n) is 6.03. The minimum atomic E-state index is -1.13. The number of carbonyl (C=O) groups excluding carboxylic acids is 4. The van der Waals surface area contributed by atoms with E-state index in [1.807, 2.05) is 0 Å². The van der Waals surface area contributed by atoms with Crippen LogP contribution in [-0.4, -0.2) is 52.1 Å². The third-order valence-corrected chi connectivity index (χ3v) is 6.32. The van der Waals surface area contributed by atoms with E-state index in [9.17, 15) is 28.0 Å². The van der Waals surface area contributed by atoms with Crippen molar-refractivity contribution in [1.82, 2.24) is 9.88 Å². The van der Waals surface area contributed by atoms with Gasteiger partial charge < -0.3 is 20.7 Å². The lowest BCUT2D eigenvalue weighted by atomic mass is 9.92. The first kappa shape index (κ1) is 25.2. The number of nitrogens with two attached hydrogens (primary N) is 1. The zero-order valence-corrected chi connectivity index (χ0v) is 19.8. The van der Waals surface area contributed by atoms with Gasteiger partial charge in [-0.3, -0.25) is 14.4 Å². The van der Waals surface area contributed by atoms with E-state index in [1.54, 1.807) is 0 Å². The van der Waals surface area contributed by atoms with Crippen LogP contribution in [0.2, 0.25) is 5.02 Å². The maximum atomic E-state index is 14.6. The Labute approximate surface area is 209 Å². The number of benzene rings is 1. The Bertz CT molecular complexity index is 1320. The number of nitrogens with one attached hydrogen (secondary N) is 1. The fourth-order valence-corrected chi connectivity index (χ4v) is 4.61. The van der Waals surface area contributed by atoms with Crippen molar-refractivity contribution in [3.63, 3.8) is 0 Å². The molecule has 3 heterocycles. The van der Waals surface area contributed by atoms with Gasteiger partial charge in [-0.2, -0.15) is 4.39 Å². The standard InChI is InChI=1S/C24H21ClF2N4O5/c1-11(32)29-19-7-3-14(23(27)30-19)18(33)10-36-24(35)17-6-2-13-8-12(9-20(34)31(13)17)21-16(28)5-4-15(25)22(21)26/h3-5,7,9,13,17H,2,6,8,10,28H2,1H3,(H,29,30,32)/t13-,17-/m0/s1. The molecule has 1 aromatic carbocycles. The van der Waals surface area contributed by atoms with Crippen LogP contribution in [-0.2, 0) is 19.1 Å². The van der Waals surface area contributed by atoms with Gasteiger partial charge in [0.1, 0.15) is 11.9 Å². The van der Waals surface area contributed by atoms with Crippen molar-refractivity contribution in [3.8, 4) is 0 Å². The molecule has 12 heteroatoms. The number of Topliss-reactive ketones (excluding diaryl/α,β-unsaturated/α-hetero) is 1. The first-order chi connectivity index (χ1) is 17.1. The molecule has 1 fully saturated rings. The van der Waals surface area contributed by atoms with Crippen molar-refractivity contribution in [2.24, 2.45) is 0 Å². The highest BCUT2D eigenvalue weighted by Crippen LogP contribution is 2.39. The largest absolute Gasteiger partial charge is 0.456 e. The van der Waals surface area contributed by atoms with Gasteiger partial charge in [0.2, 0.25) is 23.5 Å². The summed E-state index contributed by atoms with van der Waals surface area (Å²) in [6.45, 7) is 0.464. The second kappa shape index (κ2) is 10.0. The van der Waals surface area contributed by atoms with E-state index < -0.39 is 59.6 Å². The van der Waals surface area contributed by atoms with Gasteiger partial charge >= 0.3 is 5.97 Å². The summed E-state index contributed by atoms with van der Waals surface area (Å²) in [5.74, 6) is -4.54. The SMILES string of the molecule is CC(=O)Nc1ccc(C(=O)COC(=O)[C@@H]2CC[C@H]3CC(c4c(N)ccc(Cl)c4F)=CC(=O)N32)c(F)n1. The fourth-order valence-electron chi connectivity index (χ4n) is 4.45. The monoisotopic (exact) mass is 518 g/mol. The van der Waals surface area contributed by atoms with Gasteiger partial charge in [-0.1, -0.05) is 11.6 Å². The average Bonchev–Trinajstić information content (AvgIpc) is 3.24. The molecule has 2 atom stereocenters. The van der Waals surface area contributed by atoms with Gasteiger partial charge in [0.15, 0.2) is 12.4 Å². The first-order valence-electron chi connectivity index (χ1n) is 11.0. The van der Waals surface area contributed by atoms with Crippen molar-refractivity contribution >= 4 is 52.2 Å². The predicted molar refractivity (Wildman–Crippen MR) is 126 cm³/mol. The molecule has 2 amide bonds. The van der Waals surface area contributed by atoms with Crippen LogP contribution in [0.15, 0.2) is 30.3 Å². The molecule has 2 aliphatic rings. The van der Waals surface area contributed by atoms with Gasteiger partial charge in [0, 0.05) is 30.3 Å². The van der Waals surface area contributed by atoms with Gasteiger partial charge in [-0.05, 0) is 49.1 Å². The molecule has 1 saturated heterocycles. The number of rotatable bonds is 6. The van der Waals surface area contributed by atoms with Gasteiger partial charge in [0.05, 0.1) is 10.6 Å². The number of ketones is 1. The summed E-state index contributed by atoms with van der Waals surface area (Å²) in [7, 11) is 0. The molecule has 4 rings (SSSR count). The maximum absolute atomic E-state index is 14.6. The van der Waals surface area contributed by atoms with E-state index in [1.165, 1.54) is 36.1 Å². The van der Waals surface area contributed by atoms with E-state index in [2.05, 4.69) is 10.3 Å².